The topological polar surface area (TPSA) is 26.3 Å². The summed E-state index contributed by atoms with van der Waals surface area (Å²) < 4.78 is 11.7. The summed E-state index contributed by atoms with van der Waals surface area (Å²) in [5.74, 6) is 1.81. The molecule has 0 unspecified atom stereocenters. The zero-order chi connectivity index (χ0) is 17.0. The highest BCUT2D eigenvalue weighted by Crippen LogP contribution is 2.48. The van der Waals surface area contributed by atoms with Gasteiger partial charge < -0.3 is 8.83 Å². The van der Waals surface area contributed by atoms with E-state index >= 15 is 0 Å². The molecule has 121 valence electrons. The van der Waals surface area contributed by atoms with E-state index in [1.165, 1.54) is 22.3 Å². The number of hydrogen-bond acceptors (Lipinski definition) is 2. The highest BCUT2D eigenvalue weighted by molar-refractivity contribution is 5.94. The van der Waals surface area contributed by atoms with E-state index in [0.29, 0.717) is 0 Å². The van der Waals surface area contributed by atoms with Gasteiger partial charge in [-0.1, -0.05) is 30.3 Å². The standard InChI is InChI=1S/C23H17O2/c1-14-9-11-24-22(14)19-8-7-18-17-6-4-3-5-16(17)13-20(18)21(19)23-15(2)10-12-25-23/h3-13H,1-2H3. The molecule has 0 saturated carbocycles. The van der Waals surface area contributed by atoms with E-state index in [2.05, 4.69) is 56.7 Å². The second-order valence-electron chi connectivity index (χ2n) is 6.55. The molecule has 1 aliphatic carbocycles. The Morgan fingerprint density at radius 2 is 1.32 bits per heavy atom. The minimum atomic E-state index is 0.901. The predicted octanol–water partition coefficient (Wildman–Crippen LogP) is 6.40. The number of furan rings is 2. The number of fused-ring (bicyclic) bond motifs is 3. The van der Waals surface area contributed by atoms with E-state index in [-0.39, 0.29) is 0 Å². The molecule has 25 heavy (non-hydrogen) atoms. The lowest BCUT2D eigenvalue weighted by molar-refractivity contribution is 0.574. The lowest BCUT2D eigenvalue weighted by atomic mass is 9.91. The fourth-order valence-corrected chi connectivity index (χ4v) is 3.74. The molecule has 0 saturated heterocycles. The normalized spacial score (nSPS) is 12.2. The summed E-state index contributed by atoms with van der Waals surface area (Å²) in [6.45, 7) is 4.16. The largest absolute Gasteiger partial charge is 0.464 e. The summed E-state index contributed by atoms with van der Waals surface area (Å²) in [6, 6.07) is 16.9. The SMILES string of the molecule is Cc1ccoc1-c1ccc2c(c1-c1occc1C)[CH]c1ccccc1-2. The Labute approximate surface area is 146 Å². The molecule has 0 N–H and O–H groups in total. The maximum atomic E-state index is 5.89. The summed E-state index contributed by atoms with van der Waals surface area (Å²) in [5.41, 5.74) is 9.39. The smallest absolute Gasteiger partial charge is 0.137 e. The first-order valence-electron chi connectivity index (χ1n) is 8.44. The molecule has 0 fully saturated rings. The van der Waals surface area contributed by atoms with Gasteiger partial charge in [0.2, 0.25) is 0 Å². The molecule has 2 heteroatoms. The van der Waals surface area contributed by atoms with Crippen LogP contribution in [0.1, 0.15) is 22.3 Å². The van der Waals surface area contributed by atoms with Crippen molar-refractivity contribution in [2.24, 2.45) is 0 Å². The van der Waals surface area contributed by atoms with Crippen molar-refractivity contribution in [1.82, 2.24) is 0 Å². The minimum Gasteiger partial charge on any atom is -0.464 e. The van der Waals surface area contributed by atoms with Gasteiger partial charge in [0, 0.05) is 17.5 Å². The third-order valence-corrected chi connectivity index (χ3v) is 4.99. The molecule has 4 aromatic rings. The first-order chi connectivity index (χ1) is 12.2. The van der Waals surface area contributed by atoms with Crippen molar-refractivity contribution in [2.45, 2.75) is 13.8 Å². The molecule has 2 aromatic carbocycles. The molecule has 2 heterocycles. The van der Waals surface area contributed by atoms with E-state index in [1.54, 1.807) is 12.5 Å². The average Bonchev–Trinajstić information content (AvgIpc) is 3.32. The summed E-state index contributed by atoms with van der Waals surface area (Å²) in [6.07, 6.45) is 5.75. The van der Waals surface area contributed by atoms with Crippen LogP contribution in [0.4, 0.5) is 0 Å². The van der Waals surface area contributed by atoms with Crippen molar-refractivity contribution < 1.29 is 8.83 Å². The van der Waals surface area contributed by atoms with Gasteiger partial charge in [-0.25, -0.2) is 0 Å². The zero-order valence-corrected chi connectivity index (χ0v) is 14.2. The number of rotatable bonds is 2. The third-order valence-electron chi connectivity index (χ3n) is 4.99. The summed E-state index contributed by atoms with van der Waals surface area (Å²) in [5, 5.41) is 0. The average molecular weight is 325 g/mol. The quantitative estimate of drug-likeness (QED) is 0.375. The zero-order valence-electron chi connectivity index (χ0n) is 14.2. The Morgan fingerprint density at radius 3 is 2.04 bits per heavy atom. The molecule has 2 nitrogen and oxygen atoms in total. The summed E-state index contributed by atoms with van der Waals surface area (Å²) in [7, 11) is 0. The van der Waals surface area contributed by atoms with Gasteiger partial charge in [0.25, 0.3) is 0 Å². The molecule has 0 bridgehead atoms. The van der Waals surface area contributed by atoms with Crippen LogP contribution in [0.25, 0.3) is 33.8 Å². The van der Waals surface area contributed by atoms with Crippen LogP contribution in [-0.4, -0.2) is 0 Å². The van der Waals surface area contributed by atoms with Gasteiger partial charge in [0.15, 0.2) is 0 Å². The Kier molecular flexibility index (Phi) is 3.01. The summed E-state index contributed by atoms with van der Waals surface area (Å²) in [4.78, 5) is 0. The Hall–Kier alpha value is -3.00. The van der Waals surface area contributed by atoms with Gasteiger partial charge in [-0.15, -0.1) is 0 Å². The maximum Gasteiger partial charge on any atom is 0.137 e. The van der Waals surface area contributed by atoms with Crippen LogP contribution in [0.3, 0.4) is 0 Å². The van der Waals surface area contributed by atoms with Gasteiger partial charge in [0.1, 0.15) is 11.5 Å². The van der Waals surface area contributed by atoms with Crippen molar-refractivity contribution in [3.8, 4) is 33.8 Å². The minimum absolute atomic E-state index is 0.901. The highest BCUT2D eigenvalue weighted by atomic mass is 16.3. The van der Waals surface area contributed by atoms with Crippen LogP contribution in [0, 0.1) is 20.3 Å². The second-order valence-corrected chi connectivity index (χ2v) is 6.55. The molecule has 0 spiro atoms. The molecule has 0 atom stereocenters. The van der Waals surface area contributed by atoms with Crippen LogP contribution in [0.2, 0.25) is 0 Å². The Bertz CT molecular complexity index is 1090. The fraction of sp³-hybridized carbons (Fsp3) is 0.0870. The van der Waals surface area contributed by atoms with Crippen LogP contribution < -0.4 is 0 Å². The molecule has 0 amide bonds. The van der Waals surface area contributed by atoms with Gasteiger partial charge in [-0.2, -0.15) is 0 Å². The number of aryl methyl sites for hydroxylation is 2. The molecule has 5 rings (SSSR count). The van der Waals surface area contributed by atoms with Crippen LogP contribution >= 0.6 is 0 Å². The molecule has 1 radical (unpaired) electrons. The van der Waals surface area contributed by atoms with E-state index in [0.717, 1.165) is 33.8 Å². The fourth-order valence-electron chi connectivity index (χ4n) is 3.74. The van der Waals surface area contributed by atoms with Gasteiger partial charge in [-0.3, -0.25) is 0 Å². The first kappa shape index (κ1) is 14.4. The van der Waals surface area contributed by atoms with E-state index in [4.69, 9.17) is 8.83 Å². The molecular formula is C23H17O2. The van der Waals surface area contributed by atoms with Crippen molar-refractivity contribution >= 4 is 0 Å². The molecule has 0 aliphatic heterocycles. The summed E-state index contributed by atoms with van der Waals surface area (Å²) >= 11 is 0. The van der Waals surface area contributed by atoms with E-state index in [9.17, 15) is 0 Å². The molecule has 2 aromatic heterocycles. The van der Waals surface area contributed by atoms with Crippen molar-refractivity contribution in [3.63, 3.8) is 0 Å². The number of benzene rings is 2. The Morgan fingerprint density at radius 1 is 0.640 bits per heavy atom. The van der Waals surface area contributed by atoms with E-state index in [1.807, 2.05) is 12.1 Å². The number of hydrogen-bond donors (Lipinski definition) is 0. The van der Waals surface area contributed by atoms with Gasteiger partial charge in [0.05, 0.1) is 12.5 Å². The first-order valence-corrected chi connectivity index (χ1v) is 8.44. The third kappa shape index (κ3) is 2.04. The van der Waals surface area contributed by atoms with Crippen molar-refractivity contribution in [1.29, 1.82) is 0 Å². The van der Waals surface area contributed by atoms with Crippen LogP contribution in [0.15, 0.2) is 69.9 Å². The van der Waals surface area contributed by atoms with Crippen molar-refractivity contribution in [2.75, 3.05) is 0 Å². The Balaban J connectivity index is 1.85. The molecule has 1 aliphatic rings. The lowest BCUT2D eigenvalue weighted by Gasteiger charge is -2.13. The maximum absolute atomic E-state index is 5.89. The molecular weight excluding hydrogens is 308 g/mol. The highest BCUT2D eigenvalue weighted by Gasteiger charge is 2.27. The lowest BCUT2D eigenvalue weighted by Crippen LogP contribution is -1.92. The van der Waals surface area contributed by atoms with Gasteiger partial charge in [-0.05, 0) is 65.4 Å². The van der Waals surface area contributed by atoms with Crippen LogP contribution in [-0.2, 0) is 0 Å². The monoisotopic (exact) mass is 325 g/mol. The van der Waals surface area contributed by atoms with Gasteiger partial charge >= 0.3 is 0 Å². The predicted molar refractivity (Wildman–Crippen MR) is 99.3 cm³/mol. The van der Waals surface area contributed by atoms with Crippen molar-refractivity contribution in [3.05, 3.63) is 89.7 Å². The second kappa shape index (κ2) is 5.25. The van der Waals surface area contributed by atoms with Crippen LogP contribution in [0.5, 0.6) is 0 Å². The van der Waals surface area contributed by atoms with E-state index < -0.39 is 0 Å².